The maximum Gasteiger partial charge on any atom is 0.215 e. The van der Waals surface area contributed by atoms with E-state index < -0.39 is 0 Å². The highest BCUT2D eigenvalue weighted by atomic mass is 16.5. The summed E-state index contributed by atoms with van der Waals surface area (Å²) in [5.74, 6) is 2.04. The molecule has 0 aromatic carbocycles. The first kappa shape index (κ1) is 10.5. The Morgan fingerprint density at radius 2 is 2.27 bits per heavy atom. The first-order valence-electron chi connectivity index (χ1n) is 5.39. The molecular formula is C11H19N3O. The molecule has 4 nitrogen and oxygen atoms in total. The minimum Gasteiger partial charge on any atom is -0.481 e. The Balaban J connectivity index is 2.29. The molecule has 1 heterocycles. The summed E-state index contributed by atoms with van der Waals surface area (Å²) in [6.07, 6.45) is 1.17. The van der Waals surface area contributed by atoms with Gasteiger partial charge in [-0.15, -0.1) is 0 Å². The number of methoxy groups -OCH3 is 1. The summed E-state index contributed by atoms with van der Waals surface area (Å²) in [5.41, 5.74) is 8.23. The number of ether oxygens (including phenoxy) is 1. The van der Waals surface area contributed by atoms with E-state index in [0.29, 0.717) is 11.8 Å². The number of nitrogens with two attached hydrogens (primary N) is 1. The van der Waals surface area contributed by atoms with Crippen molar-refractivity contribution in [2.24, 2.45) is 18.7 Å². The third-order valence-corrected chi connectivity index (χ3v) is 3.29. The molecule has 2 rings (SSSR count). The van der Waals surface area contributed by atoms with Gasteiger partial charge in [0.1, 0.15) is 0 Å². The van der Waals surface area contributed by atoms with Crippen LogP contribution in [-0.2, 0) is 7.05 Å². The van der Waals surface area contributed by atoms with Gasteiger partial charge in [-0.1, -0.05) is 0 Å². The number of hydrogen-bond donors (Lipinski definition) is 1. The predicted octanol–water partition coefficient (Wildman–Crippen LogP) is 1.19. The van der Waals surface area contributed by atoms with E-state index in [1.807, 2.05) is 14.0 Å². The van der Waals surface area contributed by atoms with E-state index in [4.69, 9.17) is 10.5 Å². The van der Waals surface area contributed by atoms with E-state index in [2.05, 4.69) is 12.0 Å². The lowest BCUT2D eigenvalue weighted by atomic mass is 10.1. The van der Waals surface area contributed by atoms with Gasteiger partial charge < -0.3 is 10.5 Å². The summed E-state index contributed by atoms with van der Waals surface area (Å²) in [7, 11) is 3.61. The van der Waals surface area contributed by atoms with Crippen molar-refractivity contribution in [1.29, 1.82) is 0 Å². The fraction of sp³-hybridized carbons (Fsp3) is 0.727. The molecule has 15 heavy (non-hydrogen) atoms. The average molecular weight is 209 g/mol. The average Bonchev–Trinajstić information content (AvgIpc) is 2.87. The van der Waals surface area contributed by atoms with Crippen LogP contribution in [0.15, 0.2) is 0 Å². The third-order valence-electron chi connectivity index (χ3n) is 3.29. The van der Waals surface area contributed by atoms with Crippen LogP contribution in [0.3, 0.4) is 0 Å². The Labute approximate surface area is 90.4 Å². The van der Waals surface area contributed by atoms with E-state index in [1.165, 1.54) is 12.0 Å². The Morgan fingerprint density at radius 3 is 2.73 bits per heavy atom. The molecule has 1 aliphatic carbocycles. The molecule has 4 heteroatoms. The van der Waals surface area contributed by atoms with E-state index in [9.17, 15) is 0 Å². The van der Waals surface area contributed by atoms with Gasteiger partial charge in [0.2, 0.25) is 5.88 Å². The quantitative estimate of drug-likeness (QED) is 0.813. The highest BCUT2D eigenvalue weighted by Crippen LogP contribution is 2.52. The molecule has 0 bridgehead atoms. The molecule has 2 N–H and O–H groups in total. The SMILES string of the molecule is COc1c(C2CC2C(C)N)c(C)nn1C. The van der Waals surface area contributed by atoms with Crippen LogP contribution in [0.25, 0.3) is 0 Å². The monoisotopic (exact) mass is 209 g/mol. The number of aryl methyl sites for hydroxylation is 2. The molecule has 1 fully saturated rings. The van der Waals surface area contributed by atoms with Crippen LogP contribution in [0, 0.1) is 12.8 Å². The lowest BCUT2D eigenvalue weighted by Crippen LogP contribution is -2.18. The van der Waals surface area contributed by atoms with Crippen LogP contribution in [-0.4, -0.2) is 22.9 Å². The van der Waals surface area contributed by atoms with Crippen LogP contribution >= 0.6 is 0 Å². The van der Waals surface area contributed by atoms with Crippen molar-refractivity contribution in [3.05, 3.63) is 11.3 Å². The van der Waals surface area contributed by atoms with Gasteiger partial charge >= 0.3 is 0 Å². The molecule has 3 unspecified atom stereocenters. The molecule has 0 amide bonds. The van der Waals surface area contributed by atoms with E-state index in [-0.39, 0.29) is 6.04 Å². The zero-order valence-electron chi connectivity index (χ0n) is 9.82. The fourth-order valence-corrected chi connectivity index (χ4v) is 2.45. The van der Waals surface area contributed by atoms with E-state index in [0.717, 1.165) is 11.6 Å². The standard InChI is InChI=1S/C11H19N3O/c1-6(12)8-5-9(8)10-7(2)13-14(3)11(10)15-4/h6,8-9H,5,12H2,1-4H3. The minimum absolute atomic E-state index is 0.263. The second-order valence-electron chi connectivity index (χ2n) is 4.50. The largest absolute Gasteiger partial charge is 0.481 e. The lowest BCUT2D eigenvalue weighted by molar-refractivity contribution is 0.368. The van der Waals surface area contributed by atoms with Crippen LogP contribution in [0.2, 0.25) is 0 Å². The molecule has 1 aromatic heterocycles. The van der Waals surface area contributed by atoms with Crippen molar-refractivity contribution in [3.63, 3.8) is 0 Å². The van der Waals surface area contributed by atoms with Crippen molar-refractivity contribution in [1.82, 2.24) is 9.78 Å². The Hall–Kier alpha value is -1.03. The number of rotatable bonds is 3. The van der Waals surface area contributed by atoms with Crippen molar-refractivity contribution in [3.8, 4) is 5.88 Å². The van der Waals surface area contributed by atoms with Crippen molar-refractivity contribution >= 4 is 0 Å². The van der Waals surface area contributed by atoms with Crippen molar-refractivity contribution in [2.45, 2.75) is 32.2 Å². The first-order chi connectivity index (χ1) is 7.06. The molecule has 3 atom stereocenters. The van der Waals surface area contributed by atoms with Gasteiger partial charge in [-0.3, -0.25) is 0 Å². The maximum absolute atomic E-state index is 5.91. The summed E-state index contributed by atoms with van der Waals surface area (Å²) >= 11 is 0. The van der Waals surface area contributed by atoms with Gasteiger partial charge in [0.25, 0.3) is 0 Å². The van der Waals surface area contributed by atoms with E-state index in [1.54, 1.807) is 11.8 Å². The molecule has 1 aliphatic rings. The van der Waals surface area contributed by atoms with Crippen molar-refractivity contribution in [2.75, 3.05) is 7.11 Å². The molecule has 0 aliphatic heterocycles. The smallest absolute Gasteiger partial charge is 0.215 e. The minimum atomic E-state index is 0.263. The summed E-state index contributed by atoms with van der Waals surface area (Å²) in [4.78, 5) is 0. The highest BCUT2D eigenvalue weighted by molar-refractivity contribution is 5.39. The number of nitrogens with zero attached hydrogens (tertiary/aromatic N) is 2. The predicted molar refractivity (Wildman–Crippen MR) is 59.0 cm³/mol. The van der Waals surface area contributed by atoms with Gasteiger partial charge in [-0.05, 0) is 32.1 Å². The lowest BCUT2D eigenvalue weighted by Gasteiger charge is -2.06. The zero-order chi connectivity index (χ0) is 11.2. The number of aromatic nitrogens is 2. The van der Waals surface area contributed by atoms with Crippen LogP contribution in [0.4, 0.5) is 0 Å². The maximum atomic E-state index is 5.91. The molecule has 0 saturated heterocycles. The first-order valence-corrected chi connectivity index (χ1v) is 5.39. The summed E-state index contributed by atoms with van der Waals surface area (Å²) in [6, 6.07) is 0.263. The Morgan fingerprint density at radius 1 is 1.60 bits per heavy atom. The van der Waals surface area contributed by atoms with Crippen LogP contribution in [0.1, 0.15) is 30.5 Å². The fourth-order valence-electron chi connectivity index (χ4n) is 2.45. The third kappa shape index (κ3) is 1.63. The number of hydrogen-bond acceptors (Lipinski definition) is 3. The molecule has 1 saturated carbocycles. The van der Waals surface area contributed by atoms with Gasteiger partial charge in [-0.25, -0.2) is 4.68 Å². The van der Waals surface area contributed by atoms with Gasteiger partial charge in [0.05, 0.1) is 12.8 Å². The molecule has 84 valence electrons. The van der Waals surface area contributed by atoms with Gasteiger partial charge in [0, 0.05) is 18.7 Å². The van der Waals surface area contributed by atoms with E-state index >= 15 is 0 Å². The Bertz CT molecular complexity index is 370. The van der Waals surface area contributed by atoms with Gasteiger partial charge in [0.15, 0.2) is 0 Å². The summed E-state index contributed by atoms with van der Waals surface area (Å²) in [5, 5.41) is 4.39. The summed E-state index contributed by atoms with van der Waals surface area (Å²) < 4.78 is 7.19. The van der Waals surface area contributed by atoms with Gasteiger partial charge in [-0.2, -0.15) is 5.10 Å². The van der Waals surface area contributed by atoms with Crippen LogP contribution < -0.4 is 10.5 Å². The van der Waals surface area contributed by atoms with Crippen molar-refractivity contribution < 1.29 is 4.74 Å². The summed E-state index contributed by atoms with van der Waals surface area (Å²) in [6.45, 7) is 4.11. The molecule has 0 spiro atoms. The topological polar surface area (TPSA) is 53.1 Å². The zero-order valence-corrected chi connectivity index (χ0v) is 9.82. The second-order valence-corrected chi connectivity index (χ2v) is 4.50. The normalized spacial score (nSPS) is 26.5. The highest BCUT2D eigenvalue weighted by Gasteiger charge is 2.44. The molecular weight excluding hydrogens is 190 g/mol. The van der Waals surface area contributed by atoms with Crippen LogP contribution in [0.5, 0.6) is 5.88 Å². The molecule has 1 aromatic rings. The molecule has 0 radical (unpaired) electrons. The second kappa shape index (κ2) is 3.52. The Kier molecular flexibility index (Phi) is 2.46.